The van der Waals surface area contributed by atoms with Crippen molar-refractivity contribution in [1.82, 2.24) is 5.32 Å². The van der Waals surface area contributed by atoms with Gasteiger partial charge in [0.1, 0.15) is 0 Å². The third kappa shape index (κ3) is 3.35. The molecule has 1 aromatic carbocycles. The average Bonchev–Trinajstić information content (AvgIpc) is 2.95. The molecule has 1 aromatic rings. The zero-order valence-electron chi connectivity index (χ0n) is 11.0. The van der Waals surface area contributed by atoms with E-state index in [0.29, 0.717) is 31.4 Å². The molecule has 2 N–H and O–H groups in total. The van der Waals surface area contributed by atoms with E-state index in [-0.39, 0.29) is 17.7 Å². The van der Waals surface area contributed by atoms with E-state index in [1.807, 2.05) is 6.07 Å². The summed E-state index contributed by atoms with van der Waals surface area (Å²) in [6.07, 6.45) is 1.63. The molecule has 0 aromatic heterocycles. The molecule has 0 heterocycles. The minimum Gasteiger partial charge on any atom is -0.481 e. The molecule has 5 heteroatoms. The summed E-state index contributed by atoms with van der Waals surface area (Å²) in [7, 11) is 0. The molecule has 0 radical (unpaired) electrons. The molecule has 2 unspecified atom stereocenters. The number of nitrogens with one attached hydrogen (secondary N) is 1. The molecule has 0 spiro atoms. The maximum absolute atomic E-state index is 12.0. The van der Waals surface area contributed by atoms with Crippen LogP contribution in [0, 0.1) is 23.2 Å². The average molecular weight is 272 g/mol. The minimum atomic E-state index is -0.813. The topological polar surface area (TPSA) is 90.2 Å². The van der Waals surface area contributed by atoms with E-state index in [9.17, 15) is 9.59 Å². The number of carbonyl (C=O) groups is 2. The highest BCUT2D eigenvalue weighted by Gasteiger charge is 2.33. The fraction of sp³-hybridized carbons (Fsp3) is 0.400. The number of carboxylic acids is 1. The van der Waals surface area contributed by atoms with Gasteiger partial charge in [-0.1, -0.05) is 12.1 Å². The third-order valence-corrected chi connectivity index (χ3v) is 3.70. The van der Waals surface area contributed by atoms with Gasteiger partial charge >= 0.3 is 5.97 Å². The van der Waals surface area contributed by atoms with Gasteiger partial charge in [0.25, 0.3) is 0 Å². The summed E-state index contributed by atoms with van der Waals surface area (Å²) < 4.78 is 0. The van der Waals surface area contributed by atoms with Gasteiger partial charge in [-0.3, -0.25) is 9.59 Å². The summed E-state index contributed by atoms with van der Waals surface area (Å²) in [5, 5.41) is 20.4. The van der Waals surface area contributed by atoms with Crippen molar-refractivity contribution in [2.24, 2.45) is 11.8 Å². The van der Waals surface area contributed by atoms with Gasteiger partial charge in [0.15, 0.2) is 0 Å². The number of carboxylic acid groups (broad SMARTS) is 1. The summed E-state index contributed by atoms with van der Waals surface area (Å²) in [5.41, 5.74) is 1.50. The Balaban J connectivity index is 1.83. The predicted molar refractivity (Wildman–Crippen MR) is 71.5 cm³/mol. The lowest BCUT2D eigenvalue weighted by molar-refractivity contribution is -0.141. The largest absolute Gasteiger partial charge is 0.481 e. The molecule has 0 aliphatic heterocycles. The number of hydrogen-bond acceptors (Lipinski definition) is 3. The predicted octanol–water partition coefficient (Wildman–Crippen LogP) is 1.68. The Hall–Kier alpha value is -2.35. The van der Waals surface area contributed by atoms with Crippen LogP contribution in [0.1, 0.15) is 30.4 Å². The van der Waals surface area contributed by atoms with Gasteiger partial charge in [0.2, 0.25) is 5.91 Å². The van der Waals surface area contributed by atoms with Crippen LogP contribution < -0.4 is 5.32 Å². The van der Waals surface area contributed by atoms with Crippen molar-refractivity contribution in [2.75, 3.05) is 0 Å². The van der Waals surface area contributed by atoms with Crippen LogP contribution in [-0.4, -0.2) is 17.0 Å². The van der Waals surface area contributed by atoms with Crippen LogP contribution in [0.3, 0.4) is 0 Å². The van der Waals surface area contributed by atoms with Crippen molar-refractivity contribution < 1.29 is 14.7 Å². The number of aliphatic carboxylic acids is 1. The number of carbonyl (C=O) groups excluding carboxylic acids is 1. The van der Waals surface area contributed by atoms with Gasteiger partial charge in [-0.05, 0) is 37.0 Å². The second kappa shape index (κ2) is 6.20. The van der Waals surface area contributed by atoms with E-state index in [1.54, 1.807) is 24.3 Å². The Morgan fingerprint density at radius 1 is 1.25 bits per heavy atom. The molecule has 1 amide bonds. The van der Waals surface area contributed by atoms with E-state index < -0.39 is 5.97 Å². The lowest BCUT2D eigenvalue weighted by Gasteiger charge is -2.10. The standard InChI is InChI=1S/C15H16N2O3/c16-8-10-1-3-11(4-2-10)9-17-14(18)12-5-6-13(7-12)15(19)20/h1-4,12-13H,5-7,9H2,(H,17,18)(H,19,20). The SMILES string of the molecule is N#Cc1ccc(CNC(=O)C2CCC(C(=O)O)C2)cc1. The Labute approximate surface area is 117 Å². The molecule has 0 bridgehead atoms. The monoisotopic (exact) mass is 272 g/mol. The highest BCUT2D eigenvalue weighted by atomic mass is 16.4. The quantitative estimate of drug-likeness (QED) is 0.872. The highest BCUT2D eigenvalue weighted by Crippen LogP contribution is 2.31. The van der Waals surface area contributed by atoms with Crippen molar-refractivity contribution in [1.29, 1.82) is 5.26 Å². The van der Waals surface area contributed by atoms with Crippen LogP contribution in [0.15, 0.2) is 24.3 Å². The Kier molecular flexibility index (Phi) is 4.36. The van der Waals surface area contributed by atoms with Gasteiger partial charge in [0.05, 0.1) is 17.6 Å². The van der Waals surface area contributed by atoms with Crippen molar-refractivity contribution in [3.63, 3.8) is 0 Å². The van der Waals surface area contributed by atoms with Gasteiger partial charge in [0, 0.05) is 12.5 Å². The van der Waals surface area contributed by atoms with E-state index in [2.05, 4.69) is 5.32 Å². The van der Waals surface area contributed by atoms with Crippen LogP contribution >= 0.6 is 0 Å². The molecule has 2 atom stereocenters. The number of nitriles is 1. The fourth-order valence-electron chi connectivity index (χ4n) is 2.47. The maximum atomic E-state index is 12.0. The van der Waals surface area contributed by atoms with Crippen molar-refractivity contribution in [3.8, 4) is 6.07 Å². The smallest absolute Gasteiger partial charge is 0.306 e. The second-order valence-corrected chi connectivity index (χ2v) is 5.07. The van der Waals surface area contributed by atoms with Crippen LogP contribution in [0.2, 0.25) is 0 Å². The lowest BCUT2D eigenvalue weighted by atomic mass is 10.0. The third-order valence-electron chi connectivity index (χ3n) is 3.70. The molecule has 1 aliphatic carbocycles. The molecule has 1 saturated carbocycles. The minimum absolute atomic E-state index is 0.0851. The van der Waals surface area contributed by atoms with Gasteiger partial charge < -0.3 is 10.4 Å². The number of nitrogens with zero attached hydrogens (tertiary/aromatic N) is 1. The molecule has 1 fully saturated rings. The van der Waals surface area contributed by atoms with E-state index in [1.165, 1.54) is 0 Å². The Morgan fingerprint density at radius 3 is 2.45 bits per heavy atom. The maximum Gasteiger partial charge on any atom is 0.306 e. The first-order valence-corrected chi connectivity index (χ1v) is 6.59. The summed E-state index contributed by atoms with van der Waals surface area (Å²) in [5.74, 6) is -1.49. The lowest BCUT2D eigenvalue weighted by Crippen LogP contribution is -2.29. The second-order valence-electron chi connectivity index (χ2n) is 5.07. The first kappa shape index (κ1) is 14.1. The van der Waals surface area contributed by atoms with Gasteiger partial charge in [-0.2, -0.15) is 5.26 Å². The summed E-state index contributed by atoms with van der Waals surface area (Å²) in [6.45, 7) is 0.402. The van der Waals surface area contributed by atoms with E-state index >= 15 is 0 Å². The summed E-state index contributed by atoms with van der Waals surface area (Å²) in [4.78, 5) is 22.8. The molecule has 5 nitrogen and oxygen atoms in total. The summed E-state index contributed by atoms with van der Waals surface area (Å²) in [6, 6.07) is 9.05. The first-order valence-electron chi connectivity index (χ1n) is 6.59. The number of amides is 1. The Morgan fingerprint density at radius 2 is 1.90 bits per heavy atom. The molecule has 2 rings (SSSR count). The fourth-order valence-corrected chi connectivity index (χ4v) is 2.47. The number of benzene rings is 1. The number of rotatable bonds is 4. The number of hydrogen-bond donors (Lipinski definition) is 2. The molecule has 104 valence electrons. The summed E-state index contributed by atoms with van der Waals surface area (Å²) >= 11 is 0. The molecular weight excluding hydrogens is 256 g/mol. The normalized spacial score (nSPS) is 21.1. The zero-order chi connectivity index (χ0) is 14.5. The zero-order valence-corrected chi connectivity index (χ0v) is 11.0. The van der Waals surface area contributed by atoms with Crippen LogP contribution in [-0.2, 0) is 16.1 Å². The Bertz CT molecular complexity index is 545. The van der Waals surface area contributed by atoms with Crippen molar-refractivity contribution >= 4 is 11.9 Å². The van der Waals surface area contributed by atoms with Crippen LogP contribution in [0.5, 0.6) is 0 Å². The first-order chi connectivity index (χ1) is 9.60. The molecular formula is C15H16N2O3. The van der Waals surface area contributed by atoms with Gasteiger partial charge in [-0.25, -0.2) is 0 Å². The van der Waals surface area contributed by atoms with Crippen molar-refractivity contribution in [2.45, 2.75) is 25.8 Å². The highest BCUT2D eigenvalue weighted by molar-refractivity contribution is 5.80. The molecule has 20 heavy (non-hydrogen) atoms. The van der Waals surface area contributed by atoms with E-state index in [0.717, 1.165) is 5.56 Å². The van der Waals surface area contributed by atoms with Crippen LogP contribution in [0.4, 0.5) is 0 Å². The molecule has 1 aliphatic rings. The van der Waals surface area contributed by atoms with Gasteiger partial charge in [-0.15, -0.1) is 0 Å². The molecule has 0 saturated heterocycles. The van der Waals surface area contributed by atoms with E-state index in [4.69, 9.17) is 10.4 Å². The van der Waals surface area contributed by atoms with Crippen molar-refractivity contribution in [3.05, 3.63) is 35.4 Å². The van der Waals surface area contributed by atoms with Crippen LogP contribution in [0.25, 0.3) is 0 Å².